The van der Waals surface area contributed by atoms with E-state index >= 15 is 0 Å². The van der Waals surface area contributed by atoms with Crippen LogP contribution in [0.3, 0.4) is 0 Å². The van der Waals surface area contributed by atoms with Gasteiger partial charge < -0.3 is 31.0 Å². The SMILES string of the molecule is C.CNc1ccc(N2CCN(CC3CCN(c4ccc(N)cc4)CC3)CC2)cc1.O=CCCNC=O. The number of carbonyl (C=O) groups is 2. The van der Waals surface area contributed by atoms with Crippen LogP contribution < -0.4 is 26.2 Å². The van der Waals surface area contributed by atoms with Crippen molar-refractivity contribution in [2.24, 2.45) is 5.92 Å². The second-order valence-electron chi connectivity index (χ2n) is 9.13. The Morgan fingerprint density at radius 2 is 1.42 bits per heavy atom. The number of hydrogen-bond acceptors (Lipinski definition) is 7. The van der Waals surface area contributed by atoms with Gasteiger partial charge in [0.2, 0.25) is 6.41 Å². The number of piperidine rings is 1. The molecule has 2 saturated heterocycles. The summed E-state index contributed by atoms with van der Waals surface area (Å²) in [6, 6.07) is 17.1. The summed E-state index contributed by atoms with van der Waals surface area (Å²) >= 11 is 0. The molecule has 0 bridgehead atoms. The predicted molar refractivity (Wildman–Crippen MR) is 152 cm³/mol. The van der Waals surface area contributed by atoms with E-state index in [4.69, 9.17) is 5.73 Å². The first-order valence-corrected chi connectivity index (χ1v) is 12.6. The molecule has 8 nitrogen and oxygen atoms in total. The summed E-state index contributed by atoms with van der Waals surface area (Å²) in [6.45, 7) is 8.62. The molecule has 0 spiro atoms. The van der Waals surface area contributed by atoms with E-state index in [1.807, 2.05) is 19.2 Å². The second kappa shape index (κ2) is 15.7. The Bertz CT molecular complexity index is 866. The third kappa shape index (κ3) is 9.07. The molecule has 36 heavy (non-hydrogen) atoms. The molecule has 0 aromatic heterocycles. The summed E-state index contributed by atoms with van der Waals surface area (Å²) in [4.78, 5) is 26.7. The quantitative estimate of drug-likeness (QED) is 0.279. The molecule has 4 N–H and O–H groups in total. The normalized spacial score (nSPS) is 16.2. The van der Waals surface area contributed by atoms with Gasteiger partial charge >= 0.3 is 0 Å². The van der Waals surface area contributed by atoms with E-state index in [-0.39, 0.29) is 7.43 Å². The Balaban J connectivity index is 0.000000503. The minimum atomic E-state index is 0. The second-order valence-corrected chi connectivity index (χ2v) is 9.13. The summed E-state index contributed by atoms with van der Waals surface area (Å²) in [5.74, 6) is 0.825. The van der Waals surface area contributed by atoms with Gasteiger partial charge in [0.1, 0.15) is 6.29 Å². The standard InChI is InChI=1S/C23H33N5.C4H7NO2.CH4/c1-25-21-4-8-23(9-5-21)28-16-14-26(15-17-28)18-19-10-12-27(13-11-19)22-6-2-20(24)3-7-22;6-3-1-2-5-4-7;/h2-9,19,25H,10-18,24H2,1H3;3-4H,1-2H2,(H,5,7);1H4. The van der Waals surface area contributed by atoms with Gasteiger partial charge in [-0.3, -0.25) is 9.69 Å². The smallest absolute Gasteiger partial charge is 0.207 e. The fourth-order valence-electron chi connectivity index (χ4n) is 4.65. The van der Waals surface area contributed by atoms with Gasteiger partial charge in [0, 0.05) is 88.6 Å². The number of piperazine rings is 1. The number of nitrogens with two attached hydrogens (primary N) is 1. The lowest BCUT2D eigenvalue weighted by molar-refractivity contribution is -0.110. The fraction of sp³-hybridized carbons (Fsp3) is 0.500. The van der Waals surface area contributed by atoms with Gasteiger partial charge in [-0.25, -0.2) is 0 Å². The number of nitrogens with one attached hydrogen (secondary N) is 2. The highest BCUT2D eigenvalue weighted by atomic mass is 16.1. The van der Waals surface area contributed by atoms with Gasteiger partial charge in [-0.05, 0) is 67.3 Å². The van der Waals surface area contributed by atoms with Crippen molar-refractivity contribution in [1.29, 1.82) is 0 Å². The van der Waals surface area contributed by atoms with Crippen LogP contribution in [-0.2, 0) is 9.59 Å². The molecule has 2 aromatic rings. The Morgan fingerprint density at radius 1 is 0.861 bits per heavy atom. The number of benzene rings is 2. The van der Waals surface area contributed by atoms with Crippen molar-refractivity contribution in [2.45, 2.75) is 26.7 Å². The molecule has 2 aromatic carbocycles. The van der Waals surface area contributed by atoms with Gasteiger partial charge in [-0.15, -0.1) is 0 Å². The zero-order chi connectivity index (χ0) is 24.9. The van der Waals surface area contributed by atoms with E-state index in [0.29, 0.717) is 19.4 Å². The summed E-state index contributed by atoms with van der Waals surface area (Å²) in [7, 11) is 1.97. The maximum atomic E-state index is 9.52. The lowest BCUT2D eigenvalue weighted by atomic mass is 9.95. The van der Waals surface area contributed by atoms with Crippen molar-refractivity contribution in [1.82, 2.24) is 10.2 Å². The Morgan fingerprint density at radius 3 is 1.94 bits per heavy atom. The molecule has 2 aliphatic heterocycles. The topological polar surface area (TPSA) is 93.9 Å². The van der Waals surface area contributed by atoms with Crippen LogP contribution in [0.25, 0.3) is 0 Å². The molecular weight excluding hydrogens is 452 g/mol. The van der Waals surface area contributed by atoms with Gasteiger partial charge in [-0.1, -0.05) is 7.43 Å². The van der Waals surface area contributed by atoms with Crippen LogP contribution in [-0.4, -0.2) is 77.0 Å². The van der Waals surface area contributed by atoms with Crippen LogP contribution in [0.5, 0.6) is 0 Å². The third-order valence-electron chi connectivity index (χ3n) is 6.77. The first-order chi connectivity index (χ1) is 17.1. The van der Waals surface area contributed by atoms with Crippen LogP contribution in [0, 0.1) is 5.92 Å². The maximum Gasteiger partial charge on any atom is 0.207 e. The molecule has 0 atom stereocenters. The average Bonchev–Trinajstić information content (AvgIpc) is 2.91. The number of nitrogens with zero attached hydrogens (tertiary/aromatic N) is 3. The fourth-order valence-corrected chi connectivity index (χ4v) is 4.65. The predicted octanol–water partition coefficient (Wildman–Crippen LogP) is 3.31. The molecule has 0 unspecified atom stereocenters. The van der Waals surface area contributed by atoms with E-state index in [1.54, 1.807) is 0 Å². The van der Waals surface area contributed by atoms with Crippen LogP contribution in [0.4, 0.5) is 22.7 Å². The number of rotatable bonds is 9. The number of carbonyl (C=O) groups excluding carboxylic acids is 2. The Kier molecular flexibility index (Phi) is 12.6. The number of anilines is 4. The average molecular weight is 497 g/mol. The van der Waals surface area contributed by atoms with Crippen molar-refractivity contribution in [3.05, 3.63) is 48.5 Å². The largest absolute Gasteiger partial charge is 0.399 e. The number of amides is 1. The van der Waals surface area contributed by atoms with Crippen molar-refractivity contribution in [2.75, 3.05) is 80.3 Å². The summed E-state index contributed by atoms with van der Waals surface area (Å²) in [5, 5.41) is 5.53. The first kappa shape index (κ1) is 29.0. The molecule has 2 fully saturated rings. The molecule has 8 heteroatoms. The van der Waals surface area contributed by atoms with Crippen LogP contribution >= 0.6 is 0 Å². The Labute approximate surface area is 216 Å². The van der Waals surface area contributed by atoms with E-state index in [0.717, 1.165) is 44.1 Å². The van der Waals surface area contributed by atoms with Gasteiger partial charge in [0.25, 0.3) is 0 Å². The molecule has 4 rings (SSSR count). The van der Waals surface area contributed by atoms with Crippen molar-refractivity contribution in [3.8, 4) is 0 Å². The number of nitrogen functional groups attached to an aromatic ring is 1. The molecule has 2 aliphatic rings. The van der Waals surface area contributed by atoms with Crippen LogP contribution in [0.15, 0.2) is 48.5 Å². The van der Waals surface area contributed by atoms with Crippen LogP contribution in [0.1, 0.15) is 26.7 Å². The van der Waals surface area contributed by atoms with Gasteiger partial charge in [-0.2, -0.15) is 0 Å². The summed E-state index contributed by atoms with van der Waals surface area (Å²) in [5.41, 5.74) is 10.5. The molecule has 2 heterocycles. The third-order valence-corrected chi connectivity index (χ3v) is 6.77. The molecule has 1 amide bonds. The Hall–Kier alpha value is -3.26. The summed E-state index contributed by atoms with van der Waals surface area (Å²) < 4.78 is 0. The molecule has 0 saturated carbocycles. The lowest BCUT2D eigenvalue weighted by Crippen LogP contribution is -2.49. The van der Waals surface area contributed by atoms with Crippen molar-refractivity contribution < 1.29 is 9.59 Å². The van der Waals surface area contributed by atoms with Crippen molar-refractivity contribution in [3.63, 3.8) is 0 Å². The highest BCUT2D eigenvalue weighted by Gasteiger charge is 2.24. The van der Waals surface area contributed by atoms with Crippen LogP contribution in [0.2, 0.25) is 0 Å². The highest BCUT2D eigenvalue weighted by molar-refractivity contribution is 5.55. The zero-order valence-corrected chi connectivity index (χ0v) is 20.9. The number of aldehydes is 1. The minimum Gasteiger partial charge on any atom is -0.399 e. The minimum absolute atomic E-state index is 0. The highest BCUT2D eigenvalue weighted by Crippen LogP contribution is 2.25. The molecular formula is C28H44N6O2. The monoisotopic (exact) mass is 496 g/mol. The summed E-state index contributed by atoms with van der Waals surface area (Å²) in [6.07, 6.45) is 4.31. The molecule has 0 radical (unpaired) electrons. The van der Waals surface area contributed by atoms with E-state index in [1.165, 1.54) is 49.5 Å². The lowest BCUT2D eigenvalue weighted by Gasteiger charge is -2.40. The van der Waals surface area contributed by atoms with Crippen molar-refractivity contribution >= 4 is 35.4 Å². The van der Waals surface area contributed by atoms with Gasteiger partial charge in [0.15, 0.2) is 0 Å². The van der Waals surface area contributed by atoms with E-state index in [9.17, 15) is 9.59 Å². The first-order valence-electron chi connectivity index (χ1n) is 12.6. The van der Waals surface area contributed by atoms with E-state index < -0.39 is 0 Å². The number of hydrogen-bond donors (Lipinski definition) is 3. The molecule has 0 aliphatic carbocycles. The maximum absolute atomic E-state index is 9.52. The zero-order valence-electron chi connectivity index (χ0n) is 20.9. The molecule has 198 valence electrons. The van der Waals surface area contributed by atoms with Gasteiger partial charge in [0.05, 0.1) is 0 Å². The van der Waals surface area contributed by atoms with E-state index in [2.05, 4.69) is 61.7 Å².